The van der Waals surface area contributed by atoms with Gasteiger partial charge in [0.1, 0.15) is 5.54 Å². The number of hydrogen-bond donors (Lipinski definition) is 1. The fraction of sp³-hybridized carbons (Fsp3) is 0.933. The second-order valence-electron chi connectivity index (χ2n) is 6.06. The molecular formula is C15H29NO2S. The van der Waals surface area contributed by atoms with Gasteiger partial charge in [-0.3, -0.25) is 10.1 Å². The van der Waals surface area contributed by atoms with Crippen LogP contribution in [0.3, 0.4) is 0 Å². The molecule has 1 rings (SSSR count). The third-order valence-electron chi connectivity index (χ3n) is 3.83. The normalized spacial score (nSPS) is 27.2. The summed E-state index contributed by atoms with van der Waals surface area (Å²) in [5, 5.41) is 4.17. The molecule has 2 unspecified atom stereocenters. The van der Waals surface area contributed by atoms with E-state index in [-0.39, 0.29) is 5.97 Å². The van der Waals surface area contributed by atoms with E-state index in [1.165, 1.54) is 7.11 Å². The monoisotopic (exact) mass is 287 g/mol. The van der Waals surface area contributed by atoms with E-state index in [4.69, 9.17) is 4.74 Å². The average Bonchev–Trinajstić information content (AvgIpc) is 2.71. The number of thioether (sulfide) groups is 1. The zero-order chi connectivity index (χ0) is 14.5. The number of ether oxygens (including phenoxy) is 1. The minimum atomic E-state index is -0.444. The minimum absolute atomic E-state index is 0.0711. The molecule has 1 aliphatic carbocycles. The number of methoxy groups -OCH3 is 1. The van der Waals surface area contributed by atoms with Gasteiger partial charge in [-0.1, -0.05) is 20.3 Å². The van der Waals surface area contributed by atoms with Gasteiger partial charge in [0.2, 0.25) is 0 Å². The highest BCUT2D eigenvalue weighted by Crippen LogP contribution is 2.40. The van der Waals surface area contributed by atoms with E-state index in [2.05, 4.69) is 33.0 Å². The molecule has 1 aliphatic rings. The third-order valence-corrected chi connectivity index (χ3v) is 4.97. The van der Waals surface area contributed by atoms with Crippen molar-refractivity contribution in [2.75, 3.05) is 12.9 Å². The summed E-state index contributed by atoms with van der Waals surface area (Å²) in [5.41, 5.74) is -0.444. The number of carbonyl (C=O) groups is 1. The van der Waals surface area contributed by atoms with Crippen LogP contribution in [-0.2, 0) is 9.53 Å². The summed E-state index contributed by atoms with van der Waals surface area (Å²) >= 11 is 1.98. The molecule has 112 valence electrons. The smallest absolute Gasteiger partial charge is 0.326 e. The number of nitrogens with one attached hydrogen (secondary N) is 1. The molecule has 0 saturated heterocycles. The van der Waals surface area contributed by atoms with E-state index in [1.807, 2.05) is 11.8 Å². The van der Waals surface area contributed by atoms with Gasteiger partial charge in [-0.05, 0) is 50.0 Å². The van der Waals surface area contributed by atoms with Gasteiger partial charge in [-0.25, -0.2) is 0 Å². The van der Waals surface area contributed by atoms with Crippen LogP contribution < -0.4 is 5.32 Å². The summed E-state index contributed by atoms with van der Waals surface area (Å²) in [5.74, 6) is 1.47. The SMILES string of the molecule is COC(=O)C1(NC(C)C)CCCC1CCSC(C)C. The summed E-state index contributed by atoms with van der Waals surface area (Å²) in [6.45, 7) is 8.64. The molecule has 1 fully saturated rings. The molecular weight excluding hydrogens is 258 g/mol. The third kappa shape index (κ3) is 4.38. The lowest BCUT2D eigenvalue weighted by Crippen LogP contribution is -2.57. The Hall–Kier alpha value is -0.220. The standard InChI is InChI=1S/C15H29NO2S/c1-11(2)16-15(14(17)18-5)9-6-7-13(15)8-10-19-12(3)4/h11-13,16H,6-10H2,1-5H3. The lowest BCUT2D eigenvalue weighted by molar-refractivity contribution is -0.150. The van der Waals surface area contributed by atoms with E-state index < -0.39 is 5.54 Å². The van der Waals surface area contributed by atoms with Crippen LogP contribution in [0.15, 0.2) is 0 Å². The molecule has 0 spiro atoms. The number of carbonyl (C=O) groups excluding carboxylic acids is 1. The van der Waals surface area contributed by atoms with Crippen LogP contribution in [-0.4, -0.2) is 35.7 Å². The van der Waals surface area contributed by atoms with Crippen molar-refractivity contribution in [2.24, 2.45) is 5.92 Å². The molecule has 1 saturated carbocycles. The molecule has 0 aromatic heterocycles. The van der Waals surface area contributed by atoms with Gasteiger partial charge < -0.3 is 4.74 Å². The first kappa shape index (κ1) is 16.8. The van der Waals surface area contributed by atoms with Crippen molar-refractivity contribution >= 4 is 17.7 Å². The highest BCUT2D eigenvalue weighted by molar-refractivity contribution is 7.99. The molecule has 0 heterocycles. The number of esters is 1. The van der Waals surface area contributed by atoms with Crippen LogP contribution in [0.2, 0.25) is 0 Å². The molecule has 0 aromatic carbocycles. The molecule has 0 aliphatic heterocycles. The molecule has 4 heteroatoms. The van der Waals surface area contributed by atoms with Gasteiger partial charge in [-0.15, -0.1) is 0 Å². The average molecular weight is 287 g/mol. The first-order chi connectivity index (χ1) is 8.92. The van der Waals surface area contributed by atoms with E-state index in [0.29, 0.717) is 17.2 Å². The Morgan fingerprint density at radius 3 is 2.63 bits per heavy atom. The molecule has 1 N–H and O–H groups in total. The summed E-state index contributed by atoms with van der Waals surface area (Å²) in [6.07, 6.45) is 4.26. The van der Waals surface area contributed by atoms with Crippen LogP contribution in [0.1, 0.15) is 53.4 Å². The number of rotatable bonds is 7. The second-order valence-corrected chi connectivity index (χ2v) is 7.74. The van der Waals surface area contributed by atoms with Gasteiger partial charge in [0.05, 0.1) is 7.11 Å². The van der Waals surface area contributed by atoms with Crippen LogP contribution in [0.4, 0.5) is 0 Å². The van der Waals surface area contributed by atoms with Crippen LogP contribution in [0, 0.1) is 5.92 Å². The van der Waals surface area contributed by atoms with Gasteiger partial charge in [-0.2, -0.15) is 11.8 Å². The largest absolute Gasteiger partial charge is 0.468 e. The Bertz CT molecular complexity index is 294. The Morgan fingerprint density at radius 1 is 1.42 bits per heavy atom. The fourth-order valence-electron chi connectivity index (χ4n) is 3.13. The van der Waals surface area contributed by atoms with Crippen LogP contribution in [0.5, 0.6) is 0 Å². The Labute approximate surface area is 122 Å². The molecule has 3 nitrogen and oxygen atoms in total. The molecule has 2 atom stereocenters. The summed E-state index contributed by atoms with van der Waals surface area (Å²) in [6, 6.07) is 0.303. The lowest BCUT2D eigenvalue weighted by atomic mass is 9.84. The zero-order valence-electron chi connectivity index (χ0n) is 13.0. The first-order valence-corrected chi connectivity index (χ1v) is 8.45. The summed E-state index contributed by atoms with van der Waals surface area (Å²) in [7, 11) is 1.50. The van der Waals surface area contributed by atoms with E-state index >= 15 is 0 Å². The maximum Gasteiger partial charge on any atom is 0.326 e. The van der Waals surface area contributed by atoms with Crippen molar-refractivity contribution in [1.29, 1.82) is 0 Å². The molecule has 0 radical (unpaired) electrons. The van der Waals surface area contributed by atoms with Crippen molar-refractivity contribution in [3.05, 3.63) is 0 Å². The summed E-state index contributed by atoms with van der Waals surface area (Å²) in [4.78, 5) is 12.3. The molecule has 0 bridgehead atoms. The highest BCUT2D eigenvalue weighted by atomic mass is 32.2. The molecule has 0 aromatic rings. The predicted octanol–water partition coefficient (Wildman–Crippen LogP) is 3.23. The van der Waals surface area contributed by atoms with Crippen molar-refractivity contribution in [2.45, 2.75) is 70.2 Å². The maximum absolute atomic E-state index is 12.3. The number of hydrogen-bond acceptors (Lipinski definition) is 4. The van der Waals surface area contributed by atoms with Crippen LogP contribution in [0.25, 0.3) is 0 Å². The Morgan fingerprint density at radius 2 is 2.11 bits per heavy atom. The topological polar surface area (TPSA) is 38.3 Å². The maximum atomic E-state index is 12.3. The quantitative estimate of drug-likeness (QED) is 0.730. The molecule has 0 amide bonds. The Kier molecular flexibility index (Phi) is 6.67. The van der Waals surface area contributed by atoms with Crippen molar-refractivity contribution in [3.8, 4) is 0 Å². The van der Waals surface area contributed by atoms with Gasteiger partial charge in [0, 0.05) is 6.04 Å². The lowest BCUT2D eigenvalue weighted by Gasteiger charge is -2.35. The summed E-state index contributed by atoms with van der Waals surface area (Å²) < 4.78 is 5.09. The Balaban J connectivity index is 2.72. The van der Waals surface area contributed by atoms with Crippen molar-refractivity contribution < 1.29 is 9.53 Å². The highest BCUT2D eigenvalue weighted by Gasteiger charge is 2.49. The predicted molar refractivity (Wildman–Crippen MR) is 82.6 cm³/mol. The second kappa shape index (κ2) is 7.53. The first-order valence-electron chi connectivity index (χ1n) is 7.40. The van der Waals surface area contributed by atoms with Gasteiger partial charge >= 0.3 is 5.97 Å². The molecule has 19 heavy (non-hydrogen) atoms. The van der Waals surface area contributed by atoms with Crippen LogP contribution >= 0.6 is 11.8 Å². The zero-order valence-corrected chi connectivity index (χ0v) is 13.8. The fourth-order valence-corrected chi connectivity index (χ4v) is 4.02. The van der Waals surface area contributed by atoms with Gasteiger partial charge in [0.25, 0.3) is 0 Å². The van der Waals surface area contributed by atoms with Gasteiger partial charge in [0.15, 0.2) is 0 Å². The van der Waals surface area contributed by atoms with E-state index in [1.54, 1.807) is 0 Å². The van der Waals surface area contributed by atoms with E-state index in [9.17, 15) is 4.79 Å². The van der Waals surface area contributed by atoms with Crippen molar-refractivity contribution in [1.82, 2.24) is 5.32 Å². The minimum Gasteiger partial charge on any atom is -0.468 e. The van der Waals surface area contributed by atoms with E-state index in [0.717, 1.165) is 31.4 Å². The van der Waals surface area contributed by atoms with Crippen molar-refractivity contribution in [3.63, 3.8) is 0 Å².